The summed E-state index contributed by atoms with van der Waals surface area (Å²) in [5, 5.41) is 20.0. The highest BCUT2D eigenvalue weighted by molar-refractivity contribution is 6.31. The molecule has 7 nitrogen and oxygen atoms in total. The maximum atomic E-state index is 12.7. The van der Waals surface area contributed by atoms with Crippen molar-refractivity contribution in [2.45, 2.75) is 32.4 Å². The molecule has 1 aromatic carbocycles. The van der Waals surface area contributed by atoms with Crippen molar-refractivity contribution in [2.24, 2.45) is 11.7 Å². The van der Waals surface area contributed by atoms with Gasteiger partial charge in [0.25, 0.3) is 11.5 Å². The lowest BCUT2D eigenvalue weighted by atomic mass is 9.85. The summed E-state index contributed by atoms with van der Waals surface area (Å²) in [7, 11) is 0. The quantitative estimate of drug-likeness (QED) is 0.620. The minimum atomic E-state index is -0.421. The van der Waals surface area contributed by atoms with Crippen molar-refractivity contribution in [2.75, 3.05) is 13.1 Å². The molecule has 150 valence electrons. The molecule has 0 radical (unpaired) electrons. The van der Waals surface area contributed by atoms with E-state index in [0.717, 1.165) is 5.56 Å². The van der Waals surface area contributed by atoms with Gasteiger partial charge in [-0.1, -0.05) is 11.6 Å². The largest absolute Gasteiger partial charge is 0.508 e. The molecule has 1 aliphatic heterocycles. The number of rotatable bonds is 4. The number of nitrogens with zero attached hydrogens (tertiary/aromatic N) is 1. The summed E-state index contributed by atoms with van der Waals surface area (Å²) in [6.45, 7) is 2.44. The minimum Gasteiger partial charge on any atom is -0.508 e. The first kappa shape index (κ1) is 20.4. The molecule has 0 aliphatic carbocycles. The van der Waals surface area contributed by atoms with Gasteiger partial charge in [-0.05, 0) is 49.4 Å². The van der Waals surface area contributed by atoms with E-state index >= 15 is 0 Å². The number of piperidine rings is 1. The van der Waals surface area contributed by atoms with Gasteiger partial charge in [-0.2, -0.15) is 0 Å². The molecule has 1 aliphatic rings. The molecule has 1 saturated heterocycles. The molecule has 1 fully saturated rings. The Bertz CT molecular complexity index is 936. The van der Waals surface area contributed by atoms with Crippen LogP contribution in [0.4, 0.5) is 0 Å². The van der Waals surface area contributed by atoms with Crippen LogP contribution in [0.2, 0.25) is 5.02 Å². The maximum Gasteiger partial charge on any atom is 0.255 e. The van der Waals surface area contributed by atoms with E-state index in [1.54, 1.807) is 17.0 Å². The average molecular weight is 406 g/mol. The molecule has 0 unspecified atom stereocenters. The fourth-order valence-electron chi connectivity index (χ4n) is 3.62. The van der Waals surface area contributed by atoms with E-state index < -0.39 is 12.2 Å². The lowest BCUT2D eigenvalue weighted by Gasteiger charge is -2.35. The van der Waals surface area contributed by atoms with Gasteiger partial charge < -0.3 is 25.8 Å². The summed E-state index contributed by atoms with van der Waals surface area (Å²) < 4.78 is 0. The number of amides is 1. The second-order valence-electron chi connectivity index (χ2n) is 7.22. The second kappa shape index (κ2) is 8.34. The number of phenolic OH excluding ortho intramolecular Hbond substituents is 1. The van der Waals surface area contributed by atoms with Crippen LogP contribution >= 0.6 is 11.6 Å². The number of aromatic amines is 1. The number of carbonyl (C=O) groups excluding carboxylic acids is 1. The van der Waals surface area contributed by atoms with Gasteiger partial charge in [0.15, 0.2) is 0 Å². The third-order valence-electron chi connectivity index (χ3n) is 5.40. The summed E-state index contributed by atoms with van der Waals surface area (Å²) in [4.78, 5) is 28.4. The second-order valence-corrected chi connectivity index (χ2v) is 7.62. The zero-order valence-electron chi connectivity index (χ0n) is 15.6. The van der Waals surface area contributed by atoms with Crippen LogP contribution in [0.1, 0.15) is 45.9 Å². The number of aliphatic hydroxyl groups excluding tert-OH is 1. The summed E-state index contributed by atoms with van der Waals surface area (Å²) >= 11 is 6.17. The first-order valence-corrected chi connectivity index (χ1v) is 9.56. The predicted octanol–water partition coefficient (Wildman–Crippen LogP) is 2.09. The van der Waals surface area contributed by atoms with E-state index in [4.69, 9.17) is 17.3 Å². The Balaban J connectivity index is 1.68. The van der Waals surface area contributed by atoms with Gasteiger partial charge in [0.1, 0.15) is 5.75 Å². The van der Waals surface area contributed by atoms with E-state index in [2.05, 4.69) is 4.98 Å². The standard InChI is InChI=1S/C20H24ClN3O4/c1-11-6-17(26)15(8-16(11)21)18(22)12-2-4-24(5-3-12)20(28)13-7-14(10-25)19(27)23-9-13/h6-9,12,18,25-26H,2-5,10,22H2,1H3,(H,23,27)/t18-/m1/s1. The Morgan fingerprint density at radius 2 is 2.04 bits per heavy atom. The predicted molar refractivity (Wildman–Crippen MR) is 106 cm³/mol. The molecule has 3 rings (SSSR count). The Morgan fingerprint density at radius 3 is 2.68 bits per heavy atom. The number of nitrogens with two attached hydrogens (primary N) is 1. The van der Waals surface area contributed by atoms with Crippen LogP contribution in [-0.4, -0.2) is 39.1 Å². The number of carbonyl (C=O) groups is 1. The average Bonchev–Trinajstić information content (AvgIpc) is 2.70. The van der Waals surface area contributed by atoms with Crippen molar-refractivity contribution in [1.82, 2.24) is 9.88 Å². The van der Waals surface area contributed by atoms with E-state index in [-0.39, 0.29) is 29.2 Å². The number of nitrogens with one attached hydrogen (secondary N) is 1. The number of aliphatic hydroxyl groups is 1. The van der Waals surface area contributed by atoms with Gasteiger partial charge in [0, 0.05) is 41.5 Å². The fourth-order valence-corrected chi connectivity index (χ4v) is 3.79. The highest BCUT2D eigenvalue weighted by Gasteiger charge is 2.29. The van der Waals surface area contributed by atoms with Gasteiger partial charge in [-0.3, -0.25) is 9.59 Å². The molecule has 2 aromatic rings. The van der Waals surface area contributed by atoms with E-state index in [1.807, 2.05) is 6.92 Å². The molecule has 2 heterocycles. The minimum absolute atomic E-state index is 0.109. The van der Waals surface area contributed by atoms with Gasteiger partial charge in [0.2, 0.25) is 0 Å². The van der Waals surface area contributed by atoms with E-state index in [0.29, 0.717) is 42.1 Å². The number of hydrogen-bond acceptors (Lipinski definition) is 5. The Hall–Kier alpha value is -2.35. The van der Waals surface area contributed by atoms with Crippen molar-refractivity contribution in [1.29, 1.82) is 0 Å². The molecule has 1 atom stereocenters. The van der Waals surface area contributed by atoms with Crippen LogP contribution in [0.15, 0.2) is 29.2 Å². The molecular formula is C20H24ClN3O4. The van der Waals surface area contributed by atoms with Crippen molar-refractivity contribution in [3.63, 3.8) is 0 Å². The Kier molecular flexibility index (Phi) is 6.07. The molecule has 1 amide bonds. The number of benzene rings is 1. The Labute approximate surface area is 167 Å². The lowest BCUT2D eigenvalue weighted by Crippen LogP contribution is -2.41. The monoisotopic (exact) mass is 405 g/mol. The molecule has 0 saturated carbocycles. The number of phenols is 1. The van der Waals surface area contributed by atoms with Crippen LogP contribution in [0.5, 0.6) is 5.75 Å². The van der Waals surface area contributed by atoms with Gasteiger partial charge in [-0.15, -0.1) is 0 Å². The number of aromatic nitrogens is 1. The number of aryl methyl sites for hydroxylation is 1. The number of H-pyrrole nitrogens is 1. The number of aromatic hydroxyl groups is 1. The van der Waals surface area contributed by atoms with Gasteiger partial charge in [-0.25, -0.2) is 0 Å². The van der Waals surface area contributed by atoms with Crippen molar-refractivity contribution >= 4 is 17.5 Å². The summed E-state index contributed by atoms with van der Waals surface area (Å²) in [5.41, 5.74) is 7.90. The highest BCUT2D eigenvalue weighted by atomic mass is 35.5. The normalized spacial score (nSPS) is 16.2. The van der Waals surface area contributed by atoms with Crippen LogP contribution < -0.4 is 11.3 Å². The SMILES string of the molecule is Cc1cc(O)c([C@H](N)C2CCN(C(=O)c3c[nH]c(=O)c(CO)c3)CC2)cc1Cl. The lowest BCUT2D eigenvalue weighted by molar-refractivity contribution is 0.0677. The molecule has 0 bridgehead atoms. The molecule has 0 spiro atoms. The van der Waals surface area contributed by atoms with Crippen LogP contribution in [0.25, 0.3) is 0 Å². The molecule has 1 aromatic heterocycles. The molecule has 8 heteroatoms. The summed E-state index contributed by atoms with van der Waals surface area (Å²) in [6, 6.07) is 4.38. The molecule has 28 heavy (non-hydrogen) atoms. The maximum absolute atomic E-state index is 12.7. The zero-order chi connectivity index (χ0) is 20.4. The topological polar surface area (TPSA) is 120 Å². The third kappa shape index (κ3) is 4.06. The highest BCUT2D eigenvalue weighted by Crippen LogP contribution is 2.36. The zero-order valence-corrected chi connectivity index (χ0v) is 16.4. The Morgan fingerprint density at radius 1 is 1.36 bits per heavy atom. The van der Waals surface area contributed by atoms with Crippen LogP contribution in [0.3, 0.4) is 0 Å². The van der Waals surface area contributed by atoms with E-state index in [9.17, 15) is 19.8 Å². The smallest absolute Gasteiger partial charge is 0.255 e. The van der Waals surface area contributed by atoms with Crippen molar-refractivity contribution < 1.29 is 15.0 Å². The van der Waals surface area contributed by atoms with Gasteiger partial charge in [0.05, 0.1) is 12.2 Å². The molecular weight excluding hydrogens is 382 g/mol. The number of pyridine rings is 1. The van der Waals surface area contributed by atoms with Crippen molar-refractivity contribution in [3.8, 4) is 5.75 Å². The molecule has 5 N–H and O–H groups in total. The first-order valence-electron chi connectivity index (χ1n) is 9.18. The fraction of sp³-hybridized carbons (Fsp3) is 0.400. The summed E-state index contributed by atoms with van der Waals surface area (Å²) in [6.07, 6.45) is 2.75. The van der Waals surface area contributed by atoms with Crippen LogP contribution in [-0.2, 0) is 6.61 Å². The third-order valence-corrected chi connectivity index (χ3v) is 5.81. The van der Waals surface area contributed by atoms with Crippen LogP contribution in [0, 0.1) is 12.8 Å². The van der Waals surface area contributed by atoms with Crippen molar-refractivity contribution in [3.05, 3.63) is 62.0 Å². The van der Waals surface area contributed by atoms with Gasteiger partial charge >= 0.3 is 0 Å². The number of likely N-dealkylation sites (tertiary alicyclic amines) is 1. The number of halogens is 1. The van der Waals surface area contributed by atoms with E-state index in [1.165, 1.54) is 12.3 Å². The first-order chi connectivity index (χ1) is 13.3. The number of hydrogen-bond donors (Lipinski definition) is 4. The summed E-state index contributed by atoms with van der Waals surface area (Å²) in [5.74, 6) is 0.0502.